The van der Waals surface area contributed by atoms with Gasteiger partial charge in [-0.15, -0.1) is 0 Å². The first-order valence-electron chi connectivity index (χ1n) is 7.11. The molecule has 1 unspecified atom stereocenters. The van der Waals surface area contributed by atoms with Crippen LogP contribution in [0.1, 0.15) is 12.8 Å². The van der Waals surface area contributed by atoms with Crippen LogP contribution in [0, 0.1) is 5.92 Å². The lowest BCUT2D eigenvalue weighted by atomic mass is 9.99. The van der Waals surface area contributed by atoms with E-state index in [2.05, 4.69) is 15.3 Å². The minimum Gasteiger partial charge on any atom is -0.481 e. The molecule has 0 saturated carbocycles. The van der Waals surface area contributed by atoms with E-state index in [1.54, 1.807) is 0 Å². The summed E-state index contributed by atoms with van der Waals surface area (Å²) in [5.41, 5.74) is 0.865. The van der Waals surface area contributed by atoms with Gasteiger partial charge in [0.2, 0.25) is 5.95 Å². The van der Waals surface area contributed by atoms with Gasteiger partial charge in [-0.2, -0.15) is 4.98 Å². The lowest BCUT2D eigenvalue weighted by Gasteiger charge is -2.31. The smallest absolute Gasteiger partial charge is 0.308 e. The summed E-state index contributed by atoms with van der Waals surface area (Å²) in [7, 11) is 1.83. The van der Waals surface area contributed by atoms with Crippen molar-refractivity contribution in [3.8, 4) is 0 Å². The molecule has 1 aliphatic rings. The van der Waals surface area contributed by atoms with E-state index in [9.17, 15) is 9.90 Å². The number of nitrogens with zero attached hydrogens (tertiary/aromatic N) is 3. The van der Waals surface area contributed by atoms with Crippen LogP contribution in [0.4, 0.5) is 11.8 Å². The minimum absolute atomic E-state index is 0.341. The fourth-order valence-corrected chi connectivity index (χ4v) is 2.76. The molecule has 2 aromatic rings. The summed E-state index contributed by atoms with van der Waals surface area (Å²) in [6, 6.07) is 7.81. The Labute approximate surface area is 122 Å². The minimum atomic E-state index is -0.741. The topological polar surface area (TPSA) is 78.4 Å². The lowest BCUT2D eigenvalue weighted by Crippen LogP contribution is -2.39. The normalized spacial score (nSPS) is 18.7. The molecule has 0 radical (unpaired) electrons. The SMILES string of the molecule is CNc1nc(N2CCCC(C(=O)O)C2)nc2ccccc12. The van der Waals surface area contributed by atoms with Crippen LogP contribution >= 0.6 is 0 Å². The predicted octanol–water partition coefficient (Wildman–Crippen LogP) is 1.97. The van der Waals surface area contributed by atoms with Crippen molar-refractivity contribution in [3.63, 3.8) is 0 Å². The van der Waals surface area contributed by atoms with Crippen molar-refractivity contribution in [2.75, 3.05) is 30.4 Å². The van der Waals surface area contributed by atoms with Gasteiger partial charge in [-0.1, -0.05) is 12.1 Å². The standard InChI is InChI=1S/C15H18N4O2/c1-16-13-11-6-2-3-7-12(11)17-15(18-13)19-8-4-5-10(9-19)14(20)21/h2-3,6-7,10H,4-5,8-9H2,1H3,(H,20,21)(H,16,17,18). The van der Waals surface area contributed by atoms with E-state index in [1.165, 1.54) is 0 Å². The second-order valence-corrected chi connectivity index (χ2v) is 5.26. The van der Waals surface area contributed by atoms with Crippen molar-refractivity contribution in [1.29, 1.82) is 0 Å². The van der Waals surface area contributed by atoms with Crippen LogP contribution in [-0.4, -0.2) is 41.2 Å². The molecule has 0 amide bonds. The first-order chi connectivity index (χ1) is 10.2. The van der Waals surface area contributed by atoms with Crippen LogP contribution in [-0.2, 0) is 4.79 Å². The Kier molecular flexibility index (Phi) is 3.60. The van der Waals surface area contributed by atoms with E-state index in [0.29, 0.717) is 12.5 Å². The van der Waals surface area contributed by atoms with Crippen LogP contribution in [0.25, 0.3) is 10.9 Å². The van der Waals surface area contributed by atoms with Crippen molar-refractivity contribution in [1.82, 2.24) is 9.97 Å². The molecule has 1 saturated heterocycles. The number of para-hydroxylation sites is 1. The molecule has 0 aliphatic carbocycles. The summed E-state index contributed by atoms with van der Waals surface area (Å²) < 4.78 is 0. The lowest BCUT2D eigenvalue weighted by molar-refractivity contribution is -0.141. The molecule has 1 aromatic carbocycles. The highest BCUT2D eigenvalue weighted by molar-refractivity contribution is 5.90. The number of carboxylic acid groups (broad SMARTS) is 1. The highest BCUT2D eigenvalue weighted by Crippen LogP contribution is 2.26. The van der Waals surface area contributed by atoms with Gasteiger partial charge in [0.1, 0.15) is 5.82 Å². The molecule has 1 atom stereocenters. The first kappa shape index (κ1) is 13.6. The van der Waals surface area contributed by atoms with Crippen LogP contribution in [0.15, 0.2) is 24.3 Å². The van der Waals surface area contributed by atoms with E-state index in [-0.39, 0.29) is 5.92 Å². The van der Waals surface area contributed by atoms with E-state index in [4.69, 9.17) is 0 Å². The van der Waals surface area contributed by atoms with Crippen molar-refractivity contribution >= 4 is 28.6 Å². The number of anilines is 2. The molecule has 1 fully saturated rings. The molecule has 1 aliphatic heterocycles. The highest BCUT2D eigenvalue weighted by atomic mass is 16.4. The van der Waals surface area contributed by atoms with Crippen LogP contribution in [0.5, 0.6) is 0 Å². The van der Waals surface area contributed by atoms with E-state index < -0.39 is 5.97 Å². The van der Waals surface area contributed by atoms with Gasteiger partial charge in [-0.25, -0.2) is 4.98 Å². The van der Waals surface area contributed by atoms with Gasteiger partial charge in [-0.3, -0.25) is 4.79 Å². The Bertz CT molecular complexity index is 674. The maximum Gasteiger partial charge on any atom is 0.308 e. The number of piperidine rings is 1. The van der Waals surface area contributed by atoms with E-state index in [0.717, 1.165) is 36.1 Å². The fourth-order valence-electron chi connectivity index (χ4n) is 2.76. The summed E-state index contributed by atoms with van der Waals surface area (Å²) in [6.45, 7) is 1.27. The van der Waals surface area contributed by atoms with Crippen LogP contribution < -0.4 is 10.2 Å². The third-order valence-corrected chi connectivity index (χ3v) is 3.88. The van der Waals surface area contributed by atoms with Gasteiger partial charge in [0.15, 0.2) is 0 Å². The zero-order valence-corrected chi connectivity index (χ0v) is 11.9. The molecule has 1 aromatic heterocycles. The number of nitrogens with one attached hydrogen (secondary N) is 1. The average Bonchev–Trinajstić information content (AvgIpc) is 2.53. The highest BCUT2D eigenvalue weighted by Gasteiger charge is 2.27. The Morgan fingerprint density at radius 1 is 1.38 bits per heavy atom. The molecule has 2 heterocycles. The molecule has 21 heavy (non-hydrogen) atoms. The molecule has 6 nitrogen and oxygen atoms in total. The monoisotopic (exact) mass is 286 g/mol. The van der Waals surface area contributed by atoms with Crippen molar-refractivity contribution in [3.05, 3.63) is 24.3 Å². The third kappa shape index (κ3) is 2.61. The van der Waals surface area contributed by atoms with E-state index >= 15 is 0 Å². The fraction of sp³-hybridized carbons (Fsp3) is 0.400. The molecule has 110 valence electrons. The summed E-state index contributed by atoms with van der Waals surface area (Å²) >= 11 is 0. The van der Waals surface area contributed by atoms with Gasteiger partial charge in [0.05, 0.1) is 11.4 Å². The quantitative estimate of drug-likeness (QED) is 0.898. The Hall–Kier alpha value is -2.37. The second-order valence-electron chi connectivity index (χ2n) is 5.26. The van der Waals surface area contributed by atoms with Crippen molar-refractivity contribution in [2.24, 2.45) is 5.92 Å². The number of aliphatic carboxylic acids is 1. The van der Waals surface area contributed by atoms with E-state index in [1.807, 2.05) is 36.2 Å². The summed E-state index contributed by atoms with van der Waals surface area (Å²) in [5.74, 6) is 0.290. The first-order valence-corrected chi connectivity index (χ1v) is 7.11. The van der Waals surface area contributed by atoms with Crippen molar-refractivity contribution < 1.29 is 9.90 Å². The van der Waals surface area contributed by atoms with Crippen molar-refractivity contribution in [2.45, 2.75) is 12.8 Å². The largest absolute Gasteiger partial charge is 0.481 e. The summed E-state index contributed by atoms with van der Waals surface area (Å²) in [6.07, 6.45) is 1.57. The van der Waals surface area contributed by atoms with Gasteiger partial charge in [-0.05, 0) is 25.0 Å². The molecular weight excluding hydrogens is 268 g/mol. The average molecular weight is 286 g/mol. The zero-order chi connectivity index (χ0) is 14.8. The summed E-state index contributed by atoms with van der Waals surface area (Å²) in [5, 5.41) is 13.3. The molecule has 6 heteroatoms. The Morgan fingerprint density at radius 2 is 2.19 bits per heavy atom. The molecule has 3 rings (SSSR count). The zero-order valence-electron chi connectivity index (χ0n) is 11.9. The number of hydrogen-bond donors (Lipinski definition) is 2. The molecule has 0 bridgehead atoms. The Balaban J connectivity index is 1.98. The maximum atomic E-state index is 11.2. The number of carboxylic acids is 1. The van der Waals surface area contributed by atoms with Gasteiger partial charge in [0.25, 0.3) is 0 Å². The number of fused-ring (bicyclic) bond motifs is 1. The molecule has 0 spiro atoms. The maximum absolute atomic E-state index is 11.2. The third-order valence-electron chi connectivity index (χ3n) is 3.88. The van der Waals surface area contributed by atoms with Gasteiger partial charge in [0, 0.05) is 25.5 Å². The Morgan fingerprint density at radius 3 is 2.95 bits per heavy atom. The molecule has 2 N–H and O–H groups in total. The number of hydrogen-bond acceptors (Lipinski definition) is 5. The number of benzene rings is 1. The van der Waals surface area contributed by atoms with Crippen LogP contribution in [0.3, 0.4) is 0 Å². The predicted molar refractivity (Wildman–Crippen MR) is 81.7 cm³/mol. The number of rotatable bonds is 3. The second kappa shape index (κ2) is 5.55. The molecular formula is C15H18N4O2. The van der Waals surface area contributed by atoms with Gasteiger partial charge >= 0.3 is 5.97 Å². The number of aromatic nitrogens is 2. The number of carbonyl (C=O) groups is 1. The van der Waals surface area contributed by atoms with Crippen LogP contribution in [0.2, 0.25) is 0 Å². The summed E-state index contributed by atoms with van der Waals surface area (Å²) in [4.78, 5) is 22.3. The van der Waals surface area contributed by atoms with Gasteiger partial charge < -0.3 is 15.3 Å².